The fraction of sp³-hybridized carbons (Fsp3) is 0.571. The standard InChI is InChI=1S/C14H19N3OS/c1-4-9-5-10(9)15-6-11-16-13(18)12-7(2)8(3)19-14(12)17-11/h9-10,15H,4-6H2,1-3H3,(H,16,17,18). The number of H-pyrrole nitrogens is 1. The van der Waals surface area contributed by atoms with Crippen LogP contribution in [-0.4, -0.2) is 16.0 Å². The third kappa shape index (κ3) is 2.32. The Kier molecular flexibility index (Phi) is 3.19. The van der Waals surface area contributed by atoms with E-state index >= 15 is 0 Å². The van der Waals surface area contributed by atoms with E-state index in [-0.39, 0.29) is 5.56 Å². The summed E-state index contributed by atoms with van der Waals surface area (Å²) in [7, 11) is 0. The van der Waals surface area contributed by atoms with Gasteiger partial charge in [-0.1, -0.05) is 13.3 Å². The second-order valence-corrected chi connectivity index (χ2v) is 6.57. The molecule has 1 fully saturated rings. The lowest BCUT2D eigenvalue weighted by Gasteiger charge is -2.03. The quantitative estimate of drug-likeness (QED) is 0.902. The first kappa shape index (κ1) is 12.8. The number of aryl methyl sites for hydroxylation is 2. The number of thiophene rings is 1. The van der Waals surface area contributed by atoms with Crippen LogP contribution in [-0.2, 0) is 6.54 Å². The van der Waals surface area contributed by atoms with Crippen molar-refractivity contribution in [2.45, 2.75) is 46.2 Å². The van der Waals surface area contributed by atoms with Crippen LogP contribution in [0.1, 0.15) is 36.0 Å². The molecule has 2 aromatic rings. The fourth-order valence-corrected chi connectivity index (χ4v) is 3.61. The molecule has 5 heteroatoms. The van der Waals surface area contributed by atoms with E-state index in [1.54, 1.807) is 11.3 Å². The smallest absolute Gasteiger partial charge is 0.259 e. The molecular formula is C14H19N3OS. The maximum atomic E-state index is 12.1. The Bertz CT molecular complexity index is 673. The molecule has 2 N–H and O–H groups in total. The maximum Gasteiger partial charge on any atom is 0.259 e. The van der Waals surface area contributed by atoms with Crippen LogP contribution in [0.2, 0.25) is 0 Å². The zero-order chi connectivity index (χ0) is 13.6. The van der Waals surface area contributed by atoms with Gasteiger partial charge in [-0.15, -0.1) is 11.3 Å². The molecule has 1 aliphatic carbocycles. The second-order valence-electron chi connectivity index (χ2n) is 5.37. The lowest BCUT2D eigenvalue weighted by molar-refractivity contribution is 0.607. The third-order valence-corrected chi connectivity index (χ3v) is 5.17. The highest BCUT2D eigenvalue weighted by atomic mass is 32.1. The molecule has 0 aromatic carbocycles. The van der Waals surface area contributed by atoms with Crippen LogP contribution in [0.5, 0.6) is 0 Å². The van der Waals surface area contributed by atoms with Crippen LogP contribution in [0.25, 0.3) is 10.2 Å². The monoisotopic (exact) mass is 277 g/mol. The summed E-state index contributed by atoms with van der Waals surface area (Å²) in [4.78, 5) is 21.6. The molecular weight excluding hydrogens is 258 g/mol. The molecule has 4 nitrogen and oxygen atoms in total. The van der Waals surface area contributed by atoms with E-state index in [1.165, 1.54) is 17.7 Å². The van der Waals surface area contributed by atoms with Crippen molar-refractivity contribution >= 4 is 21.6 Å². The average Bonchev–Trinajstić information content (AvgIpc) is 3.08. The van der Waals surface area contributed by atoms with Gasteiger partial charge in [-0.3, -0.25) is 4.79 Å². The van der Waals surface area contributed by atoms with Crippen molar-refractivity contribution in [3.63, 3.8) is 0 Å². The molecule has 0 spiro atoms. The molecule has 2 unspecified atom stereocenters. The third-order valence-electron chi connectivity index (χ3n) is 4.07. The second kappa shape index (κ2) is 4.72. The lowest BCUT2D eigenvalue weighted by Crippen LogP contribution is -2.22. The van der Waals surface area contributed by atoms with Gasteiger partial charge in [0.2, 0.25) is 0 Å². The van der Waals surface area contributed by atoms with Gasteiger partial charge in [0.05, 0.1) is 11.9 Å². The maximum absolute atomic E-state index is 12.1. The number of nitrogens with zero attached hydrogens (tertiary/aromatic N) is 1. The van der Waals surface area contributed by atoms with Crippen molar-refractivity contribution in [3.05, 3.63) is 26.6 Å². The van der Waals surface area contributed by atoms with E-state index < -0.39 is 0 Å². The van der Waals surface area contributed by atoms with Gasteiger partial charge in [0.25, 0.3) is 5.56 Å². The fourth-order valence-electron chi connectivity index (χ4n) is 2.56. The Hall–Kier alpha value is -1.20. The van der Waals surface area contributed by atoms with Crippen LogP contribution < -0.4 is 10.9 Å². The van der Waals surface area contributed by atoms with E-state index in [0.29, 0.717) is 12.6 Å². The Morgan fingerprint density at radius 2 is 2.26 bits per heavy atom. The van der Waals surface area contributed by atoms with Crippen molar-refractivity contribution in [1.82, 2.24) is 15.3 Å². The van der Waals surface area contributed by atoms with Crippen molar-refractivity contribution in [2.75, 3.05) is 0 Å². The minimum atomic E-state index is -0.00788. The normalized spacial score (nSPS) is 22.1. The van der Waals surface area contributed by atoms with E-state index in [4.69, 9.17) is 0 Å². The summed E-state index contributed by atoms with van der Waals surface area (Å²) in [5.74, 6) is 1.56. The zero-order valence-electron chi connectivity index (χ0n) is 11.5. The molecule has 2 heterocycles. The highest BCUT2D eigenvalue weighted by molar-refractivity contribution is 7.18. The first-order valence-corrected chi connectivity index (χ1v) is 7.64. The number of hydrogen-bond donors (Lipinski definition) is 2. The first-order valence-electron chi connectivity index (χ1n) is 6.82. The van der Waals surface area contributed by atoms with Gasteiger partial charge in [0.15, 0.2) is 0 Å². The summed E-state index contributed by atoms with van der Waals surface area (Å²) in [5.41, 5.74) is 1.05. The summed E-state index contributed by atoms with van der Waals surface area (Å²) in [6, 6.07) is 0.609. The molecule has 0 amide bonds. The van der Waals surface area contributed by atoms with Gasteiger partial charge in [-0.25, -0.2) is 4.98 Å². The van der Waals surface area contributed by atoms with Gasteiger partial charge < -0.3 is 10.3 Å². The Morgan fingerprint density at radius 3 is 2.95 bits per heavy atom. The summed E-state index contributed by atoms with van der Waals surface area (Å²) in [6.07, 6.45) is 2.48. The van der Waals surface area contributed by atoms with Gasteiger partial charge in [-0.2, -0.15) is 0 Å². The Morgan fingerprint density at radius 1 is 1.47 bits per heavy atom. The molecule has 1 saturated carbocycles. The molecule has 19 heavy (non-hydrogen) atoms. The topological polar surface area (TPSA) is 57.8 Å². The van der Waals surface area contributed by atoms with Gasteiger partial charge in [0, 0.05) is 10.9 Å². The van der Waals surface area contributed by atoms with Crippen molar-refractivity contribution in [3.8, 4) is 0 Å². The van der Waals surface area contributed by atoms with Crippen LogP contribution in [0.15, 0.2) is 4.79 Å². The highest BCUT2D eigenvalue weighted by Crippen LogP contribution is 2.33. The molecule has 3 rings (SSSR count). The van der Waals surface area contributed by atoms with Crippen LogP contribution in [0.4, 0.5) is 0 Å². The number of rotatable bonds is 4. The SMILES string of the molecule is CCC1CC1NCc1nc2sc(C)c(C)c2c(=O)[nH]1. The van der Waals surface area contributed by atoms with Gasteiger partial charge >= 0.3 is 0 Å². The number of aromatic amines is 1. The van der Waals surface area contributed by atoms with Crippen LogP contribution >= 0.6 is 11.3 Å². The minimum Gasteiger partial charge on any atom is -0.309 e. The van der Waals surface area contributed by atoms with Crippen LogP contribution in [0, 0.1) is 19.8 Å². The number of nitrogens with one attached hydrogen (secondary N) is 2. The molecule has 2 atom stereocenters. The van der Waals surface area contributed by atoms with Gasteiger partial charge in [-0.05, 0) is 31.7 Å². The average molecular weight is 277 g/mol. The molecule has 1 aliphatic rings. The van der Waals surface area contributed by atoms with Gasteiger partial charge in [0.1, 0.15) is 10.7 Å². The van der Waals surface area contributed by atoms with E-state index in [2.05, 4.69) is 22.2 Å². The predicted octanol–water partition coefficient (Wildman–Crippen LogP) is 2.49. The molecule has 0 bridgehead atoms. The highest BCUT2D eigenvalue weighted by Gasteiger charge is 2.34. The zero-order valence-corrected chi connectivity index (χ0v) is 12.4. The molecule has 0 aliphatic heterocycles. The molecule has 102 valence electrons. The number of hydrogen-bond acceptors (Lipinski definition) is 4. The lowest BCUT2D eigenvalue weighted by atomic mass is 10.2. The van der Waals surface area contributed by atoms with Crippen molar-refractivity contribution in [1.29, 1.82) is 0 Å². The summed E-state index contributed by atoms with van der Waals surface area (Å²) in [6.45, 7) is 6.90. The number of fused-ring (bicyclic) bond motifs is 1. The summed E-state index contributed by atoms with van der Waals surface area (Å²) in [5, 5.41) is 4.21. The summed E-state index contributed by atoms with van der Waals surface area (Å²) >= 11 is 1.60. The Balaban J connectivity index is 1.83. The minimum absolute atomic E-state index is 0.00788. The molecule has 0 saturated heterocycles. The van der Waals surface area contributed by atoms with E-state index in [1.807, 2.05) is 13.8 Å². The van der Waals surface area contributed by atoms with Crippen molar-refractivity contribution in [2.24, 2.45) is 5.92 Å². The van der Waals surface area contributed by atoms with E-state index in [0.717, 1.165) is 27.5 Å². The number of aromatic nitrogens is 2. The van der Waals surface area contributed by atoms with E-state index in [9.17, 15) is 4.79 Å². The first-order chi connectivity index (χ1) is 9.10. The summed E-state index contributed by atoms with van der Waals surface area (Å²) < 4.78 is 0. The van der Waals surface area contributed by atoms with Crippen molar-refractivity contribution < 1.29 is 0 Å². The molecule has 2 aromatic heterocycles. The molecule has 0 radical (unpaired) electrons. The predicted molar refractivity (Wildman–Crippen MR) is 78.7 cm³/mol. The van der Waals surface area contributed by atoms with Crippen LogP contribution in [0.3, 0.4) is 0 Å². The Labute approximate surface area is 116 Å². The largest absolute Gasteiger partial charge is 0.309 e.